The van der Waals surface area contributed by atoms with Gasteiger partial charge in [0.25, 0.3) is 0 Å². The van der Waals surface area contributed by atoms with Crippen molar-refractivity contribution in [2.24, 2.45) is 11.3 Å². The Morgan fingerprint density at radius 2 is 2.00 bits per heavy atom. The highest BCUT2D eigenvalue weighted by molar-refractivity contribution is 7.56. The van der Waals surface area contributed by atoms with Gasteiger partial charge in [-0.25, -0.2) is 0 Å². The summed E-state index contributed by atoms with van der Waals surface area (Å²) in [7, 11) is 0.233. The van der Waals surface area contributed by atoms with Crippen molar-refractivity contribution in [3.8, 4) is 0 Å². The molecule has 0 aromatic heterocycles. The lowest BCUT2D eigenvalue weighted by atomic mass is 9.87. The molecule has 0 fully saturated rings. The number of allylic oxidation sites excluding steroid dienone is 1. The van der Waals surface area contributed by atoms with Crippen LogP contribution in [0.15, 0.2) is 12.7 Å². The zero-order valence-electron chi connectivity index (χ0n) is 10.6. The first kappa shape index (κ1) is 14.2. The first-order chi connectivity index (χ1) is 6.41. The minimum Gasteiger partial charge on any atom is -0.109 e. The second kappa shape index (κ2) is 6.62. The van der Waals surface area contributed by atoms with Gasteiger partial charge in [-0.15, -0.1) is 14.5 Å². The smallest absolute Gasteiger partial charge is 0.0225 e. The van der Waals surface area contributed by atoms with Crippen molar-refractivity contribution in [3.63, 3.8) is 0 Å². The van der Waals surface area contributed by atoms with E-state index in [0.717, 1.165) is 0 Å². The summed E-state index contributed by atoms with van der Waals surface area (Å²) in [4.78, 5) is 0. The van der Waals surface area contributed by atoms with Gasteiger partial charge in [0.05, 0.1) is 0 Å². The summed E-state index contributed by atoms with van der Waals surface area (Å²) < 4.78 is 0. The lowest BCUT2D eigenvalue weighted by molar-refractivity contribution is 0.340. The molecule has 0 rings (SSSR count). The highest BCUT2D eigenvalue weighted by atomic mass is 31.1. The summed E-state index contributed by atoms with van der Waals surface area (Å²) in [5.74, 6) is 0.704. The molecular formula is C13H27P. The van der Waals surface area contributed by atoms with Crippen molar-refractivity contribution in [2.45, 2.75) is 40.5 Å². The zero-order chi connectivity index (χ0) is 11.2. The van der Waals surface area contributed by atoms with Gasteiger partial charge in [-0.1, -0.05) is 40.2 Å². The summed E-state index contributed by atoms with van der Waals surface area (Å²) in [6.45, 7) is 15.6. The second-order valence-electron chi connectivity index (χ2n) is 5.24. The van der Waals surface area contributed by atoms with Crippen LogP contribution in [0.2, 0.25) is 0 Å². The van der Waals surface area contributed by atoms with Crippen LogP contribution in [0.1, 0.15) is 40.5 Å². The third kappa shape index (κ3) is 6.60. The average Bonchev–Trinajstić information content (AvgIpc) is 2.15. The lowest BCUT2D eigenvalue weighted by Gasteiger charge is -2.25. The number of hydrogen-bond donors (Lipinski definition) is 0. The monoisotopic (exact) mass is 214 g/mol. The van der Waals surface area contributed by atoms with E-state index in [2.05, 4.69) is 47.0 Å². The maximum absolute atomic E-state index is 3.85. The molecule has 0 aliphatic carbocycles. The van der Waals surface area contributed by atoms with Crippen LogP contribution in [0.4, 0.5) is 0 Å². The molecule has 0 spiro atoms. The molecule has 0 nitrogen and oxygen atoms in total. The minimum absolute atomic E-state index is 0.233. The van der Waals surface area contributed by atoms with Crippen LogP contribution in [0.5, 0.6) is 0 Å². The van der Waals surface area contributed by atoms with Crippen molar-refractivity contribution in [2.75, 3.05) is 19.0 Å². The highest BCUT2D eigenvalue weighted by Gasteiger charge is 2.16. The van der Waals surface area contributed by atoms with Gasteiger partial charge in [-0.05, 0) is 36.7 Å². The molecule has 0 N–H and O–H groups in total. The molecule has 0 aliphatic heterocycles. The topological polar surface area (TPSA) is 0 Å². The third-order valence-electron chi connectivity index (χ3n) is 3.13. The van der Waals surface area contributed by atoms with Crippen molar-refractivity contribution in [3.05, 3.63) is 12.7 Å². The Kier molecular flexibility index (Phi) is 6.70. The van der Waals surface area contributed by atoms with E-state index in [0.29, 0.717) is 11.3 Å². The van der Waals surface area contributed by atoms with E-state index in [4.69, 9.17) is 0 Å². The van der Waals surface area contributed by atoms with Crippen molar-refractivity contribution in [1.29, 1.82) is 0 Å². The van der Waals surface area contributed by atoms with Crippen LogP contribution in [-0.4, -0.2) is 19.0 Å². The fourth-order valence-electron chi connectivity index (χ4n) is 1.33. The van der Waals surface area contributed by atoms with Crippen molar-refractivity contribution in [1.82, 2.24) is 0 Å². The second-order valence-corrected chi connectivity index (χ2v) is 7.77. The molecule has 0 aromatic carbocycles. The Bertz CT molecular complexity index is 161. The minimum atomic E-state index is 0.233. The van der Waals surface area contributed by atoms with Gasteiger partial charge in [-0.2, -0.15) is 0 Å². The first-order valence-electron chi connectivity index (χ1n) is 5.72. The van der Waals surface area contributed by atoms with E-state index in [1.165, 1.54) is 25.2 Å². The Balaban J connectivity index is 3.73. The fraction of sp³-hybridized carbons (Fsp3) is 0.846. The van der Waals surface area contributed by atoms with Crippen LogP contribution in [0.25, 0.3) is 0 Å². The van der Waals surface area contributed by atoms with Gasteiger partial charge in [0.2, 0.25) is 0 Å². The summed E-state index contributed by atoms with van der Waals surface area (Å²) in [5.41, 5.74) is 0.550. The Morgan fingerprint density at radius 3 is 2.43 bits per heavy atom. The molecule has 1 heteroatoms. The van der Waals surface area contributed by atoms with Gasteiger partial charge in [0.15, 0.2) is 0 Å². The molecule has 2 atom stereocenters. The molecule has 0 saturated carbocycles. The molecule has 0 saturated heterocycles. The van der Waals surface area contributed by atoms with Crippen LogP contribution >= 0.6 is 7.92 Å². The van der Waals surface area contributed by atoms with E-state index < -0.39 is 0 Å². The van der Waals surface area contributed by atoms with Crippen LogP contribution in [-0.2, 0) is 0 Å². The summed E-state index contributed by atoms with van der Waals surface area (Å²) in [6, 6.07) is 0. The van der Waals surface area contributed by atoms with Crippen LogP contribution in [0.3, 0.4) is 0 Å². The molecule has 0 bridgehead atoms. The Hall–Kier alpha value is 0.170. The van der Waals surface area contributed by atoms with Crippen molar-refractivity contribution < 1.29 is 0 Å². The first-order valence-corrected chi connectivity index (χ1v) is 7.88. The molecule has 14 heavy (non-hydrogen) atoms. The molecule has 0 aromatic rings. The van der Waals surface area contributed by atoms with Gasteiger partial charge in [-0.3, -0.25) is 0 Å². The van der Waals surface area contributed by atoms with E-state index in [1.54, 1.807) is 0 Å². The molecule has 84 valence electrons. The Labute approximate surface area is 91.9 Å². The largest absolute Gasteiger partial charge is 0.109 e. The van der Waals surface area contributed by atoms with Gasteiger partial charge < -0.3 is 0 Å². The summed E-state index contributed by atoms with van der Waals surface area (Å²) in [6.07, 6.45) is 7.56. The van der Waals surface area contributed by atoms with E-state index >= 15 is 0 Å². The van der Waals surface area contributed by atoms with Gasteiger partial charge in [0, 0.05) is 0 Å². The molecule has 0 aliphatic rings. The van der Waals surface area contributed by atoms with E-state index in [-0.39, 0.29) is 7.92 Å². The molecule has 0 radical (unpaired) electrons. The van der Waals surface area contributed by atoms with Gasteiger partial charge >= 0.3 is 0 Å². The lowest BCUT2D eigenvalue weighted by Crippen LogP contribution is -2.12. The third-order valence-corrected chi connectivity index (χ3v) is 5.32. The normalized spacial score (nSPS) is 16.4. The maximum atomic E-state index is 3.85. The van der Waals surface area contributed by atoms with Crippen LogP contribution in [0, 0.1) is 11.3 Å². The maximum Gasteiger partial charge on any atom is -0.0225 e. The highest BCUT2D eigenvalue weighted by Crippen LogP contribution is 2.38. The van der Waals surface area contributed by atoms with Gasteiger partial charge in [0.1, 0.15) is 0 Å². The Morgan fingerprint density at radius 1 is 1.43 bits per heavy atom. The predicted molar refractivity (Wildman–Crippen MR) is 70.6 cm³/mol. The molecule has 0 amide bonds. The molecule has 2 unspecified atom stereocenters. The van der Waals surface area contributed by atoms with Crippen LogP contribution < -0.4 is 0 Å². The number of rotatable bonds is 7. The SMILES string of the molecule is C=CC(C)CP(C)CCC(C)(C)CC. The van der Waals surface area contributed by atoms with E-state index in [1.807, 2.05) is 0 Å². The van der Waals surface area contributed by atoms with E-state index in [9.17, 15) is 0 Å². The molecular weight excluding hydrogens is 187 g/mol. The number of hydrogen-bond acceptors (Lipinski definition) is 0. The molecule has 0 heterocycles. The standard InChI is InChI=1S/C13H27P/c1-7-12(3)11-14(6)10-9-13(4,5)8-2/h7,12H,1,8-11H2,2-6H3. The summed E-state index contributed by atoms with van der Waals surface area (Å²) in [5, 5.41) is 0. The fourth-order valence-corrected chi connectivity index (χ4v) is 3.63. The summed E-state index contributed by atoms with van der Waals surface area (Å²) >= 11 is 0. The predicted octanol–water partition coefficient (Wildman–Crippen LogP) is 4.75. The average molecular weight is 214 g/mol. The zero-order valence-corrected chi connectivity index (χ0v) is 11.5. The quantitative estimate of drug-likeness (QED) is 0.424. The van der Waals surface area contributed by atoms with Crippen molar-refractivity contribution >= 4 is 7.92 Å².